The molecule has 0 saturated carbocycles. The van der Waals surface area contributed by atoms with E-state index in [1.165, 1.54) is 6.92 Å². The molecule has 0 aliphatic carbocycles. The molecule has 1 atom stereocenters. The summed E-state index contributed by atoms with van der Waals surface area (Å²) in [7, 11) is 0. The van der Waals surface area contributed by atoms with Crippen molar-refractivity contribution >= 4 is 0 Å². The van der Waals surface area contributed by atoms with E-state index in [2.05, 4.69) is 5.32 Å². The Kier molecular flexibility index (Phi) is 5.49. The van der Waals surface area contributed by atoms with E-state index >= 15 is 0 Å². The summed E-state index contributed by atoms with van der Waals surface area (Å²) >= 11 is 0. The van der Waals surface area contributed by atoms with Crippen LogP contribution in [0.1, 0.15) is 26.7 Å². The Morgan fingerprint density at radius 2 is 2.00 bits per heavy atom. The van der Waals surface area contributed by atoms with Crippen LogP contribution in [0.4, 0.5) is 8.78 Å². The summed E-state index contributed by atoms with van der Waals surface area (Å²) in [6.07, 6.45) is -0.225. The zero-order valence-corrected chi connectivity index (χ0v) is 6.53. The molecule has 0 aromatic rings. The maximum Gasteiger partial charge on any atom is 0.253 e. The van der Waals surface area contributed by atoms with Gasteiger partial charge in [-0.1, -0.05) is 13.3 Å². The molecular weight excluding hydrogens is 136 g/mol. The number of hydrogen-bond acceptors (Lipinski definition) is 1. The van der Waals surface area contributed by atoms with Gasteiger partial charge >= 0.3 is 0 Å². The summed E-state index contributed by atoms with van der Waals surface area (Å²) in [5.41, 5.74) is 0. The van der Waals surface area contributed by atoms with Crippen molar-refractivity contribution in [1.29, 1.82) is 0 Å². The summed E-state index contributed by atoms with van der Waals surface area (Å²) in [4.78, 5) is 0. The summed E-state index contributed by atoms with van der Waals surface area (Å²) in [6, 6.07) is -0.661. The second-order valence-electron chi connectivity index (χ2n) is 2.43. The highest BCUT2D eigenvalue weighted by molar-refractivity contribution is 4.61. The van der Waals surface area contributed by atoms with Gasteiger partial charge in [0.15, 0.2) is 0 Å². The maximum absolute atomic E-state index is 11.8. The van der Waals surface area contributed by atoms with Crippen molar-refractivity contribution in [3.63, 3.8) is 0 Å². The Morgan fingerprint density at radius 3 is 2.40 bits per heavy atom. The Hall–Kier alpha value is -0.180. The number of halogens is 2. The van der Waals surface area contributed by atoms with Crippen molar-refractivity contribution < 1.29 is 8.78 Å². The van der Waals surface area contributed by atoms with E-state index in [1.54, 1.807) is 0 Å². The largest absolute Gasteiger partial charge is 0.309 e. The smallest absolute Gasteiger partial charge is 0.253 e. The molecule has 0 aliphatic heterocycles. The van der Waals surface area contributed by atoms with Crippen LogP contribution in [0.15, 0.2) is 0 Å². The number of alkyl halides is 2. The van der Waals surface area contributed by atoms with E-state index in [-0.39, 0.29) is 0 Å². The minimum absolute atomic E-state index is 0.661. The minimum Gasteiger partial charge on any atom is -0.309 e. The number of unbranched alkanes of at least 4 members (excludes halogenated alkanes) is 1. The molecule has 0 radical (unpaired) electrons. The Labute approximate surface area is 60.8 Å². The third kappa shape index (κ3) is 4.68. The van der Waals surface area contributed by atoms with Crippen LogP contribution in [0.2, 0.25) is 0 Å². The van der Waals surface area contributed by atoms with Crippen LogP contribution in [0.5, 0.6) is 0 Å². The van der Waals surface area contributed by atoms with Gasteiger partial charge in [0.25, 0.3) is 6.43 Å². The fraction of sp³-hybridized carbons (Fsp3) is 1.00. The molecule has 0 fully saturated rings. The van der Waals surface area contributed by atoms with Crippen molar-refractivity contribution in [2.75, 3.05) is 6.54 Å². The van der Waals surface area contributed by atoms with Crippen LogP contribution in [0.3, 0.4) is 0 Å². The minimum atomic E-state index is -2.24. The maximum atomic E-state index is 11.8. The second-order valence-corrected chi connectivity index (χ2v) is 2.43. The molecule has 62 valence electrons. The van der Waals surface area contributed by atoms with Crippen molar-refractivity contribution in [2.45, 2.75) is 39.2 Å². The number of nitrogens with one attached hydrogen (secondary N) is 1. The van der Waals surface area contributed by atoms with Gasteiger partial charge in [-0.25, -0.2) is 8.78 Å². The molecule has 1 nitrogen and oxygen atoms in total. The first kappa shape index (κ1) is 9.82. The van der Waals surface area contributed by atoms with Crippen LogP contribution in [-0.2, 0) is 0 Å². The monoisotopic (exact) mass is 151 g/mol. The summed E-state index contributed by atoms with van der Waals surface area (Å²) in [6.45, 7) is 4.23. The molecular formula is C7H15F2N. The highest BCUT2D eigenvalue weighted by atomic mass is 19.3. The summed E-state index contributed by atoms with van der Waals surface area (Å²) in [5, 5.41) is 2.73. The van der Waals surface area contributed by atoms with Crippen LogP contribution < -0.4 is 5.32 Å². The average molecular weight is 151 g/mol. The van der Waals surface area contributed by atoms with Gasteiger partial charge in [-0.3, -0.25) is 0 Å². The highest BCUT2D eigenvalue weighted by Crippen LogP contribution is 1.98. The molecule has 1 N–H and O–H groups in total. The van der Waals surface area contributed by atoms with Crippen molar-refractivity contribution in [3.05, 3.63) is 0 Å². The van der Waals surface area contributed by atoms with Crippen molar-refractivity contribution in [3.8, 4) is 0 Å². The fourth-order valence-electron chi connectivity index (χ4n) is 0.596. The molecule has 0 bridgehead atoms. The van der Waals surface area contributed by atoms with Crippen LogP contribution >= 0.6 is 0 Å². The van der Waals surface area contributed by atoms with E-state index in [0.717, 1.165) is 12.8 Å². The van der Waals surface area contributed by atoms with Gasteiger partial charge in [-0.15, -0.1) is 0 Å². The van der Waals surface area contributed by atoms with Gasteiger partial charge in [0, 0.05) is 0 Å². The molecule has 0 aromatic heterocycles. The van der Waals surface area contributed by atoms with Crippen molar-refractivity contribution in [1.82, 2.24) is 5.32 Å². The third-order valence-corrected chi connectivity index (χ3v) is 1.37. The van der Waals surface area contributed by atoms with Crippen molar-refractivity contribution in [2.24, 2.45) is 0 Å². The van der Waals surface area contributed by atoms with E-state index < -0.39 is 12.5 Å². The predicted octanol–water partition coefficient (Wildman–Crippen LogP) is 2.03. The topological polar surface area (TPSA) is 12.0 Å². The van der Waals surface area contributed by atoms with E-state index in [4.69, 9.17) is 0 Å². The van der Waals surface area contributed by atoms with Gasteiger partial charge in [-0.05, 0) is 19.9 Å². The Bertz CT molecular complexity index is 76.0. The predicted molar refractivity (Wildman–Crippen MR) is 38.4 cm³/mol. The van der Waals surface area contributed by atoms with Crippen LogP contribution in [0, 0.1) is 0 Å². The van der Waals surface area contributed by atoms with E-state index in [9.17, 15) is 8.78 Å². The zero-order chi connectivity index (χ0) is 7.98. The lowest BCUT2D eigenvalue weighted by Gasteiger charge is -2.11. The lowest BCUT2D eigenvalue weighted by atomic mass is 10.3. The molecule has 0 saturated heterocycles. The molecule has 0 amide bonds. The third-order valence-electron chi connectivity index (χ3n) is 1.37. The van der Waals surface area contributed by atoms with Gasteiger partial charge in [0.05, 0.1) is 6.04 Å². The van der Waals surface area contributed by atoms with Gasteiger partial charge in [-0.2, -0.15) is 0 Å². The first-order chi connectivity index (χ1) is 4.68. The molecule has 0 heterocycles. The SMILES string of the molecule is CCCCNC(C)C(F)F. The zero-order valence-electron chi connectivity index (χ0n) is 6.53. The molecule has 0 aliphatic rings. The fourth-order valence-corrected chi connectivity index (χ4v) is 0.596. The summed E-state index contributed by atoms with van der Waals surface area (Å²) < 4.78 is 23.6. The van der Waals surface area contributed by atoms with E-state index in [0.29, 0.717) is 6.54 Å². The van der Waals surface area contributed by atoms with E-state index in [1.807, 2.05) is 6.92 Å². The van der Waals surface area contributed by atoms with Crippen LogP contribution in [-0.4, -0.2) is 19.0 Å². The highest BCUT2D eigenvalue weighted by Gasteiger charge is 2.11. The van der Waals surface area contributed by atoms with Gasteiger partial charge in [0.1, 0.15) is 0 Å². The first-order valence-electron chi connectivity index (χ1n) is 3.70. The summed E-state index contributed by atoms with van der Waals surface area (Å²) in [5.74, 6) is 0. The molecule has 0 rings (SSSR count). The standard InChI is InChI=1S/C7H15F2N/c1-3-4-5-10-6(2)7(8)9/h6-7,10H,3-5H2,1-2H3. The molecule has 0 spiro atoms. The Morgan fingerprint density at radius 1 is 1.40 bits per heavy atom. The number of hydrogen-bond donors (Lipinski definition) is 1. The molecule has 3 heteroatoms. The van der Waals surface area contributed by atoms with Crippen LogP contribution in [0.25, 0.3) is 0 Å². The first-order valence-corrected chi connectivity index (χ1v) is 3.70. The lowest BCUT2D eigenvalue weighted by Crippen LogP contribution is -2.33. The average Bonchev–Trinajstić information content (AvgIpc) is 1.88. The van der Waals surface area contributed by atoms with Gasteiger partial charge < -0.3 is 5.32 Å². The van der Waals surface area contributed by atoms with Gasteiger partial charge in [0.2, 0.25) is 0 Å². The molecule has 1 unspecified atom stereocenters. The molecule has 10 heavy (non-hydrogen) atoms. The number of rotatable bonds is 5. The second kappa shape index (κ2) is 5.59. The lowest BCUT2D eigenvalue weighted by molar-refractivity contribution is 0.106. The quantitative estimate of drug-likeness (QED) is 0.593. The Balaban J connectivity index is 3.13. The normalized spacial score (nSPS) is 14.1. The molecule has 0 aromatic carbocycles.